The van der Waals surface area contributed by atoms with E-state index < -0.39 is 0 Å². The van der Waals surface area contributed by atoms with Crippen molar-refractivity contribution in [3.8, 4) is 11.5 Å². The van der Waals surface area contributed by atoms with Crippen LogP contribution in [0.25, 0.3) is 0 Å². The van der Waals surface area contributed by atoms with Gasteiger partial charge in [0.15, 0.2) is 11.5 Å². The summed E-state index contributed by atoms with van der Waals surface area (Å²) in [4.78, 5) is 0. The second-order valence-electron chi connectivity index (χ2n) is 4.91. The van der Waals surface area contributed by atoms with E-state index in [-0.39, 0.29) is 12.4 Å². The number of hydrogen-bond donors (Lipinski definition) is 1. The molecule has 2 aromatic carbocycles. The number of rotatable bonds is 8. The number of halogens is 3. The van der Waals surface area contributed by atoms with Crippen molar-refractivity contribution in [1.29, 1.82) is 0 Å². The molecule has 0 aromatic heterocycles. The van der Waals surface area contributed by atoms with Gasteiger partial charge in [0.25, 0.3) is 0 Å². The number of hydrogen-bond acceptors (Lipinski definition) is 3. The normalized spacial score (nSPS) is 9.96. The van der Waals surface area contributed by atoms with Gasteiger partial charge in [0.2, 0.25) is 0 Å². The minimum Gasteiger partial charge on any atom is -0.493 e. The lowest BCUT2D eigenvalue weighted by Crippen LogP contribution is -2.12. The maximum atomic E-state index is 6.16. The van der Waals surface area contributed by atoms with E-state index in [0.29, 0.717) is 23.1 Å². The molecule has 0 spiro atoms. The van der Waals surface area contributed by atoms with E-state index in [1.807, 2.05) is 42.5 Å². The average Bonchev–Trinajstić information content (AvgIpc) is 2.55. The Hall–Kier alpha value is -1.20. The van der Waals surface area contributed by atoms with E-state index in [1.165, 1.54) is 0 Å². The summed E-state index contributed by atoms with van der Waals surface area (Å²) in [6, 6.07) is 11.6. The van der Waals surface area contributed by atoms with Crippen molar-refractivity contribution in [3.63, 3.8) is 0 Å². The Labute approximate surface area is 162 Å². The first-order chi connectivity index (χ1) is 11.2. The lowest BCUT2D eigenvalue weighted by atomic mass is 10.2. The first kappa shape index (κ1) is 20.8. The van der Waals surface area contributed by atoms with Gasteiger partial charge < -0.3 is 14.8 Å². The third-order valence-corrected chi connectivity index (χ3v) is 4.19. The molecular weight excluding hydrogens is 413 g/mol. The third-order valence-electron chi connectivity index (χ3n) is 3.24. The average molecular weight is 433 g/mol. The molecule has 0 aliphatic carbocycles. The number of ether oxygens (including phenoxy) is 2. The van der Waals surface area contributed by atoms with Crippen molar-refractivity contribution in [2.24, 2.45) is 0 Å². The molecule has 0 bridgehead atoms. The molecule has 0 unspecified atom stereocenters. The molecule has 0 radical (unpaired) electrons. The molecule has 3 nitrogen and oxygen atoms in total. The van der Waals surface area contributed by atoms with Crippen molar-refractivity contribution in [2.75, 3.05) is 13.7 Å². The van der Waals surface area contributed by atoms with Gasteiger partial charge in [-0.05, 0) is 39.7 Å². The van der Waals surface area contributed by atoms with Gasteiger partial charge in [-0.15, -0.1) is 19.0 Å². The van der Waals surface area contributed by atoms with Crippen molar-refractivity contribution < 1.29 is 9.47 Å². The van der Waals surface area contributed by atoms with E-state index in [9.17, 15) is 0 Å². The van der Waals surface area contributed by atoms with Gasteiger partial charge in [0.1, 0.15) is 6.61 Å². The number of methoxy groups -OCH3 is 1. The monoisotopic (exact) mass is 431 g/mol. The number of nitrogens with one attached hydrogen (secondary N) is 1. The van der Waals surface area contributed by atoms with E-state index in [1.54, 1.807) is 7.11 Å². The van der Waals surface area contributed by atoms with Crippen LogP contribution in [0.1, 0.15) is 11.1 Å². The summed E-state index contributed by atoms with van der Waals surface area (Å²) in [6.45, 7) is 5.55. The first-order valence-corrected chi connectivity index (χ1v) is 8.37. The predicted molar refractivity (Wildman–Crippen MR) is 106 cm³/mol. The molecule has 0 amide bonds. The fraction of sp³-hybridized carbons (Fsp3) is 0.222. The van der Waals surface area contributed by atoms with Crippen LogP contribution in [-0.2, 0) is 13.2 Å². The molecule has 0 heterocycles. The summed E-state index contributed by atoms with van der Waals surface area (Å²) in [7, 11) is 1.63. The lowest BCUT2D eigenvalue weighted by Gasteiger charge is -2.15. The second kappa shape index (κ2) is 10.6. The molecule has 24 heavy (non-hydrogen) atoms. The van der Waals surface area contributed by atoms with E-state index in [4.69, 9.17) is 21.1 Å². The predicted octanol–water partition coefficient (Wildman–Crippen LogP) is 5.39. The summed E-state index contributed by atoms with van der Waals surface area (Å²) in [5, 5.41) is 3.95. The van der Waals surface area contributed by atoms with Crippen molar-refractivity contribution in [1.82, 2.24) is 5.32 Å². The van der Waals surface area contributed by atoms with Crippen LogP contribution in [0.4, 0.5) is 0 Å². The van der Waals surface area contributed by atoms with Gasteiger partial charge in [-0.3, -0.25) is 0 Å². The lowest BCUT2D eigenvalue weighted by molar-refractivity contribution is 0.282. The second-order valence-corrected chi connectivity index (χ2v) is 6.17. The zero-order valence-electron chi connectivity index (χ0n) is 13.4. The quantitative estimate of drug-likeness (QED) is 0.448. The summed E-state index contributed by atoms with van der Waals surface area (Å²) in [5.41, 5.74) is 2.03. The Morgan fingerprint density at radius 1 is 1.29 bits per heavy atom. The van der Waals surface area contributed by atoms with Gasteiger partial charge in [0.05, 0.1) is 11.6 Å². The molecule has 0 atom stereocenters. The molecule has 1 N–H and O–H groups in total. The molecule has 130 valence electrons. The third kappa shape index (κ3) is 5.71. The number of benzene rings is 2. The van der Waals surface area contributed by atoms with Crippen LogP contribution in [0.5, 0.6) is 11.5 Å². The molecule has 0 saturated carbocycles. The van der Waals surface area contributed by atoms with Crippen molar-refractivity contribution in [2.45, 2.75) is 13.2 Å². The zero-order chi connectivity index (χ0) is 16.7. The van der Waals surface area contributed by atoms with Gasteiger partial charge >= 0.3 is 0 Å². The highest BCUT2D eigenvalue weighted by molar-refractivity contribution is 9.10. The van der Waals surface area contributed by atoms with Crippen molar-refractivity contribution >= 4 is 39.9 Å². The standard InChI is InChI=1S/C18H19BrClNO2.ClH/c1-3-8-21-11-13-9-15(19)18(17(10-13)22-2)23-12-14-6-4-5-7-16(14)20;/h3-7,9-10,21H,1,8,11-12H2,2H3;1H. The Balaban J connectivity index is 0.00000288. The maximum Gasteiger partial charge on any atom is 0.175 e. The van der Waals surface area contributed by atoms with E-state index >= 15 is 0 Å². The smallest absolute Gasteiger partial charge is 0.175 e. The molecule has 6 heteroatoms. The van der Waals surface area contributed by atoms with E-state index in [2.05, 4.69) is 27.8 Å². The van der Waals surface area contributed by atoms with Crippen LogP contribution in [-0.4, -0.2) is 13.7 Å². The molecule has 2 aromatic rings. The Kier molecular flexibility index (Phi) is 9.22. The van der Waals surface area contributed by atoms with E-state index in [0.717, 1.165) is 28.7 Å². The first-order valence-electron chi connectivity index (χ1n) is 7.20. The molecule has 0 fully saturated rings. The molecular formula is C18H20BrCl2NO2. The zero-order valence-corrected chi connectivity index (χ0v) is 16.5. The van der Waals surface area contributed by atoms with Gasteiger partial charge in [-0.2, -0.15) is 0 Å². The van der Waals surface area contributed by atoms with Crippen LogP contribution in [0.3, 0.4) is 0 Å². The van der Waals surface area contributed by atoms with Gasteiger partial charge in [-0.25, -0.2) is 0 Å². The highest BCUT2D eigenvalue weighted by atomic mass is 79.9. The molecule has 0 saturated heterocycles. The summed E-state index contributed by atoms with van der Waals surface area (Å²) in [6.07, 6.45) is 1.83. The Bertz CT molecular complexity index is 680. The summed E-state index contributed by atoms with van der Waals surface area (Å²) in [5.74, 6) is 1.35. The SMILES string of the molecule is C=CCNCc1cc(Br)c(OCc2ccccc2Cl)c(OC)c1.Cl. The van der Waals surface area contributed by atoms with Crippen LogP contribution in [0.2, 0.25) is 5.02 Å². The van der Waals surface area contributed by atoms with Crippen molar-refractivity contribution in [3.05, 3.63) is 69.7 Å². The van der Waals surface area contributed by atoms with Crippen LogP contribution in [0.15, 0.2) is 53.5 Å². The van der Waals surface area contributed by atoms with Gasteiger partial charge in [0, 0.05) is 23.7 Å². The summed E-state index contributed by atoms with van der Waals surface area (Å²) >= 11 is 9.71. The minimum absolute atomic E-state index is 0. The highest BCUT2D eigenvalue weighted by Gasteiger charge is 2.12. The fourth-order valence-corrected chi connectivity index (χ4v) is 2.89. The molecule has 0 aliphatic heterocycles. The van der Waals surface area contributed by atoms with Crippen LogP contribution >= 0.6 is 39.9 Å². The van der Waals surface area contributed by atoms with Crippen LogP contribution in [0, 0.1) is 0 Å². The topological polar surface area (TPSA) is 30.5 Å². The minimum atomic E-state index is 0. The van der Waals surface area contributed by atoms with Gasteiger partial charge in [-0.1, -0.05) is 35.9 Å². The summed E-state index contributed by atoms with van der Waals surface area (Å²) < 4.78 is 12.2. The molecule has 2 rings (SSSR count). The van der Waals surface area contributed by atoms with Crippen LogP contribution < -0.4 is 14.8 Å². The largest absolute Gasteiger partial charge is 0.493 e. The Morgan fingerprint density at radius 3 is 2.71 bits per heavy atom. The maximum absolute atomic E-state index is 6.16. The highest BCUT2D eigenvalue weighted by Crippen LogP contribution is 2.37. The Morgan fingerprint density at radius 2 is 2.04 bits per heavy atom. The molecule has 0 aliphatic rings. The fourth-order valence-electron chi connectivity index (χ4n) is 2.10.